The van der Waals surface area contributed by atoms with Crippen LogP contribution in [0.15, 0.2) is 0 Å². The van der Waals surface area contributed by atoms with Crippen LogP contribution >= 0.6 is 0 Å². The Hall–Kier alpha value is -0.330. The average Bonchev–Trinajstić information content (AvgIpc) is 1.97. The van der Waals surface area contributed by atoms with Gasteiger partial charge in [0.2, 0.25) is 0 Å². The van der Waals surface area contributed by atoms with Crippen LogP contribution in [0.1, 0.15) is 59.3 Å². The second-order valence-corrected chi connectivity index (χ2v) is 5.30. The van der Waals surface area contributed by atoms with Crippen molar-refractivity contribution in [2.75, 3.05) is 0 Å². The number of Topliss-reactive ketones (excluding diaryl/α,β-unsaturated/α-hetero) is 1. The Bertz CT molecular complexity index is 182. The van der Waals surface area contributed by atoms with E-state index in [-0.39, 0.29) is 5.41 Å². The van der Waals surface area contributed by atoms with Crippen molar-refractivity contribution in [2.45, 2.75) is 59.3 Å². The lowest BCUT2D eigenvalue weighted by molar-refractivity contribution is -0.124. The Morgan fingerprint density at radius 1 is 1.46 bits per heavy atom. The number of carbonyl (C=O) groups excluding carboxylic acids is 1. The van der Waals surface area contributed by atoms with E-state index in [9.17, 15) is 4.79 Å². The van der Waals surface area contributed by atoms with E-state index >= 15 is 0 Å². The molecule has 13 heavy (non-hydrogen) atoms. The van der Waals surface area contributed by atoms with Gasteiger partial charge in [-0.1, -0.05) is 40.0 Å². The predicted molar refractivity (Wildman–Crippen MR) is 55.7 cm³/mol. The van der Waals surface area contributed by atoms with Gasteiger partial charge in [-0.05, 0) is 17.8 Å². The molecule has 76 valence electrons. The third kappa shape index (κ3) is 3.50. The van der Waals surface area contributed by atoms with Gasteiger partial charge in [0.25, 0.3) is 0 Å². The van der Waals surface area contributed by atoms with Crippen molar-refractivity contribution < 1.29 is 4.79 Å². The van der Waals surface area contributed by atoms with E-state index in [1.165, 1.54) is 25.7 Å². The molecule has 1 aliphatic carbocycles. The summed E-state index contributed by atoms with van der Waals surface area (Å²) in [7, 11) is 0. The monoisotopic (exact) mass is 182 g/mol. The molecule has 0 heterocycles. The summed E-state index contributed by atoms with van der Waals surface area (Å²) in [6.07, 6.45) is 6.70. The molecule has 1 saturated carbocycles. The molecule has 0 bridgehead atoms. The average molecular weight is 182 g/mol. The summed E-state index contributed by atoms with van der Waals surface area (Å²) in [6.45, 7) is 6.67. The zero-order chi connectivity index (χ0) is 9.90. The number of unbranched alkanes of at least 4 members (excludes halogenated alkanes) is 1. The van der Waals surface area contributed by atoms with Crippen molar-refractivity contribution >= 4 is 5.78 Å². The number of carbonyl (C=O) groups is 1. The van der Waals surface area contributed by atoms with Crippen molar-refractivity contribution in [1.82, 2.24) is 0 Å². The molecule has 0 aliphatic heterocycles. The third-order valence-electron chi connectivity index (χ3n) is 3.00. The van der Waals surface area contributed by atoms with E-state index in [4.69, 9.17) is 0 Å². The highest BCUT2D eigenvalue weighted by Crippen LogP contribution is 2.38. The van der Waals surface area contributed by atoms with Crippen LogP contribution in [-0.4, -0.2) is 5.78 Å². The van der Waals surface area contributed by atoms with Crippen molar-refractivity contribution in [3.8, 4) is 0 Å². The van der Waals surface area contributed by atoms with E-state index < -0.39 is 0 Å². The van der Waals surface area contributed by atoms with Gasteiger partial charge in [0, 0.05) is 12.8 Å². The summed E-state index contributed by atoms with van der Waals surface area (Å²) in [5.41, 5.74) is 0.272. The largest absolute Gasteiger partial charge is 0.300 e. The first kappa shape index (κ1) is 10.7. The molecular formula is C12H22O. The maximum Gasteiger partial charge on any atom is 0.133 e. The maximum atomic E-state index is 11.5. The van der Waals surface area contributed by atoms with Gasteiger partial charge >= 0.3 is 0 Å². The van der Waals surface area contributed by atoms with Crippen molar-refractivity contribution in [3.63, 3.8) is 0 Å². The van der Waals surface area contributed by atoms with E-state index in [2.05, 4.69) is 20.8 Å². The lowest BCUT2D eigenvalue weighted by atomic mass is 9.70. The quantitative estimate of drug-likeness (QED) is 0.652. The van der Waals surface area contributed by atoms with Gasteiger partial charge < -0.3 is 0 Å². The first-order valence-corrected chi connectivity index (χ1v) is 5.55. The number of hydrogen-bond acceptors (Lipinski definition) is 1. The lowest BCUT2D eigenvalue weighted by Gasteiger charge is -2.34. The van der Waals surface area contributed by atoms with E-state index in [1.54, 1.807) is 0 Å². The first-order chi connectivity index (χ1) is 6.03. The van der Waals surface area contributed by atoms with Crippen LogP contribution in [0.4, 0.5) is 0 Å². The second-order valence-electron chi connectivity index (χ2n) is 5.30. The predicted octanol–water partition coefficient (Wildman–Crippen LogP) is 3.57. The molecule has 0 N–H and O–H groups in total. The first-order valence-electron chi connectivity index (χ1n) is 5.55. The van der Waals surface area contributed by atoms with Gasteiger partial charge in [-0.2, -0.15) is 0 Å². The molecule has 0 radical (unpaired) electrons. The highest BCUT2D eigenvalue weighted by atomic mass is 16.1. The molecule has 1 aliphatic rings. The minimum atomic E-state index is 0.272. The number of hydrogen-bond donors (Lipinski definition) is 0. The topological polar surface area (TPSA) is 17.1 Å². The van der Waals surface area contributed by atoms with Crippen LogP contribution in [0.3, 0.4) is 0 Å². The van der Waals surface area contributed by atoms with Crippen LogP contribution in [0.5, 0.6) is 0 Å². The van der Waals surface area contributed by atoms with Gasteiger partial charge in [-0.3, -0.25) is 4.79 Å². The van der Waals surface area contributed by atoms with Crippen molar-refractivity contribution in [2.24, 2.45) is 11.3 Å². The minimum absolute atomic E-state index is 0.272. The Kier molecular flexibility index (Phi) is 3.52. The summed E-state index contributed by atoms with van der Waals surface area (Å²) in [4.78, 5) is 11.5. The normalized spacial score (nSPS) is 27.6. The highest BCUT2D eigenvalue weighted by Gasteiger charge is 2.32. The molecule has 1 fully saturated rings. The standard InChI is InChI=1S/C12H22O/c1-4-5-6-10-7-11(13)9-12(2,3)8-10/h10H,4-9H2,1-3H3. The highest BCUT2D eigenvalue weighted by molar-refractivity contribution is 5.80. The van der Waals surface area contributed by atoms with Gasteiger partial charge in [0.05, 0.1) is 0 Å². The van der Waals surface area contributed by atoms with Gasteiger partial charge in [-0.25, -0.2) is 0 Å². The summed E-state index contributed by atoms with van der Waals surface area (Å²) >= 11 is 0. The fourth-order valence-corrected chi connectivity index (χ4v) is 2.55. The zero-order valence-electron chi connectivity index (χ0n) is 9.23. The lowest BCUT2D eigenvalue weighted by Crippen LogP contribution is -2.28. The fraction of sp³-hybridized carbons (Fsp3) is 0.917. The molecule has 1 rings (SSSR count). The fourth-order valence-electron chi connectivity index (χ4n) is 2.55. The Balaban J connectivity index is 2.43. The molecule has 1 nitrogen and oxygen atoms in total. The summed E-state index contributed by atoms with van der Waals surface area (Å²) in [5.74, 6) is 1.16. The molecule has 1 atom stereocenters. The molecule has 0 amide bonds. The molecule has 0 aromatic carbocycles. The maximum absolute atomic E-state index is 11.5. The molecule has 0 aromatic heterocycles. The Morgan fingerprint density at radius 3 is 2.69 bits per heavy atom. The Morgan fingerprint density at radius 2 is 2.15 bits per heavy atom. The molecule has 0 spiro atoms. The van der Waals surface area contributed by atoms with Crippen molar-refractivity contribution in [1.29, 1.82) is 0 Å². The molecular weight excluding hydrogens is 160 g/mol. The molecule has 1 heteroatoms. The van der Waals surface area contributed by atoms with Crippen LogP contribution < -0.4 is 0 Å². The third-order valence-corrected chi connectivity index (χ3v) is 3.00. The second kappa shape index (κ2) is 4.26. The van der Waals surface area contributed by atoms with Crippen LogP contribution in [0.25, 0.3) is 0 Å². The van der Waals surface area contributed by atoms with E-state index in [1.807, 2.05) is 0 Å². The summed E-state index contributed by atoms with van der Waals surface area (Å²) in [5, 5.41) is 0. The minimum Gasteiger partial charge on any atom is -0.300 e. The molecule has 0 saturated heterocycles. The molecule has 1 unspecified atom stereocenters. The van der Waals surface area contributed by atoms with Gasteiger partial charge in [0.15, 0.2) is 0 Å². The summed E-state index contributed by atoms with van der Waals surface area (Å²) in [6, 6.07) is 0. The Labute approximate surface area is 81.9 Å². The number of ketones is 1. The number of rotatable bonds is 3. The SMILES string of the molecule is CCCCC1CC(=O)CC(C)(C)C1. The van der Waals surface area contributed by atoms with Gasteiger partial charge in [0.1, 0.15) is 5.78 Å². The van der Waals surface area contributed by atoms with Crippen LogP contribution in [-0.2, 0) is 4.79 Å². The van der Waals surface area contributed by atoms with Crippen LogP contribution in [0, 0.1) is 11.3 Å². The van der Waals surface area contributed by atoms with E-state index in [0.717, 1.165) is 12.8 Å². The molecule has 0 aromatic rings. The smallest absolute Gasteiger partial charge is 0.133 e. The van der Waals surface area contributed by atoms with Crippen LogP contribution in [0.2, 0.25) is 0 Å². The van der Waals surface area contributed by atoms with Gasteiger partial charge in [-0.15, -0.1) is 0 Å². The zero-order valence-corrected chi connectivity index (χ0v) is 9.23. The van der Waals surface area contributed by atoms with Crippen molar-refractivity contribution in [3.05, 3.63) is 0 Å². The van der Waals surface area contributed by atoms with E-state index in [0.29, 0.717) is 11.7 Å². The summed E-state index contributed by atoms with van der Waals surface area (Å²) < 4.78 is 0.